The van der Waals surface area contributed by atoms with Gasteiger partial charge in [0.15, 0.2) is 0 Å². The van der Waals surface area contributed by atoms with E-state index in [1.54, 1.807) is 13.2 Å². The molecule has 6 heteroatoms. The van der Waals surface area contributed by atoms with Crippen molar-refractivity contribution >= 4 is 17.7 Å². The number of benzene rings is 2. The highest BCUT2D eigenvalue weighted by atomic mass is 16.5. The van der Waals surface area contributed by atoms with Gasteiger partial charge in [-0.3, -0.25) is 4.79 Å². The minimum Gasteiger partial charge on any atom is -0.495 e. The molecule has 0 bridgehead atoms. The number of para-hydroxylation sites is 1. The van der Waals surface area contributed by atoms with E-state index in [1.807, 2.05) is 49.4 Å². The van der Waals surface area contributed by atoms with Gasteiger partial charge in [-0.15, -0.1) is 0 Å². The van der Waals surface area contributed by atoms with E-state index in [-0.39, 0.29) is 18.5 Å². The molecule has 0 radical (unpaired) electrons. The number of anilines is 1. The molecule has 0 heterocycles. The Labute approximate surface area is 153 Å². The fraction of sp³-hybridized carbons (Fsp3) is 0.300. The van der Waals surface area contributed by atoms with Gasteiger partial charge >= 0.3 is 12.0 Å². The molecule has 0 spiro atoms. The molecule has 6 nitrogen and oxygen atoms in total. The lowest BCUT2D eigenvalue weighted by Gasteiger charge is -2.20. The number of rotatable bonds is 8. The molecular weight excluding hydrogens is 332 g/mol. The number of hydrogen-bond donors (Lipinski definition) is 3. The number of carbonyl (C=O) groups is 2. The summed E-state index contributed by atoms with van der Waals surface area (Å²) in [6.45, 7) is 1.88. The maximum Gasteiger partial charge on any atom is 0.319 e. The van der Waals surface area contributed by atoms with Gasteiger partial charge < -0.3 is 20.5 Å². The predicted octanol–water partition coefficient (Wildman–Crippen LogP) is 3.60. The van der Waals surface area contributed by atoms with Crippen LogP contribution in [0, 0.1) is 6.92 Å². The summed E-state index contributed by atoms with van der Waals surface area (Å²) in [7, 11) is 1.54. The highest BCUT2D eigenvalue weighted by Gasteiger charge is 2.16. The summed E-state index contributed by atoms with van der Waals surface area (Å²) in [5.74, 6) is -0.309. The lowest BCUT2D eigenvalue weighted by molar-refractivity contribution is -0.137. The summed E-state index contributed by atoms with van der Waals surface area (Å²) in [5.41, 5.74) is 2.52. The Balaban J connectivity index is 2.06. The normalized spacial score (nSPS) is 11.5. The zero-order chi connectivity index (χ0) is 18.9. The first-order valence-corrected chi connectivity index (χ1v) is 8.46. The monoisotopic (exact) mass is 356 g/mol. The van der Waals surface area contributed by atoms with Crippen molar-refractivity contribution in [2.45, 2.75) is 32.2 Å². The minimum absolute atomic E-state index is 0.00847. The molecule has 3 N–H and O–H groups in total. The van der Waals surface area contributed by atoms with E-state index in [4.69, 9.17) is 9.84 Å². The molecule has 2 aromatic rings. The first kappa shape index (κ1) is 19.3. The Bertz CT molecular complexity index is 747. The van der Waals surface area contributed by atoms with Gasteiger partial charge in [0.25, 0.3) is 0 Å². The fourth-order valence-corrected chi connectivity index (χ4v) is 2.73. The first-order chi connectivity index (χ1) is 12.5. The van der Waals surface area contributed by atoms with Crippen LogP contribution in [0.2, 0.25) is 0 Å². The molecule has 138 valence electrons. The van der Waals surface area contributed by atoms with E-state index in [9.17, 15) is 9.59 Å². The Morgan fingerprint density at radius 1 is 1.12 bits per heavy atom. The second kappa shape index (κ2) is 9.46. The number of aryl methyl sites for hydroxylation is 1. The Hall–Kier alpha value is -3.02. The summed E-state index contributed by atoms with van der Waals surface area (Å²) in [6, 6.07) is 14.5. The van der Waals surface area contributed by atoms with Crippen molar-refractivity contribution in [3.8, 4) is 5.75 Å². The highest BCUT2D eigenvalue weighted by Crippen LogP contribution is 2.27. The maximum absolute atomic E-state index is 12.5. The number of aliphatic carboxylic acids is 1. The summed E-state index contributed by atoms with van der Waals surface area (Å²) in [4.78, 5) is 23.4. The van der Waals surface area contributed by atoms with E-state index in [2.05, 4.69) is 10.6 Å². The second-order valence-electron chi connectivity index (χ2n) is 6.07. The molecular formula is C20H24N2O4. The van der Waals surface area contributed by atoms with Crippen molar-refractivity contribution in [2.75, 3.05) is 12.4 Å². The lowest BCUT2D eigenvalue weighted by atomic mass is 10.0. The predicted molar refractivity (Wildman–Crippen MR) is 101 cm³/mol. The molecule has 0 aliphatic carbocycles. The number of nitrogens with one attached hydrogen (secondary N) is 2. The molecule has 0 aromatic heterocycles. The largest absolute Gasteiger partial charge is 0.495 e. The van der Waals surface area contributed by atoms with Crippen LogP contribution < -0.4 is 15.4 Å². The Morgan fingerprint density at radius 3 is 2.50 bits per heavy atom. The summed E-state index contributed by atoms with van der Waals surface area (Å²) >= 11 is 0. The Kier molecular flexibility index (Phi) is 7.02. The maximum atomic E-state index is 12.5. The number of hydrogen-bond acceptors (Lipinski definition) is 3. The summed E-state index contributed by atoms with van der Waals surface area (Å²) in [6.07, 6.45) is 0.903. The van der Waals surface area contributed by atoms with Gasteiger partial charge in [0.1, 0.15) is 5.75 Å². The third-order valence-electron chi connectivity index (χ3n) is 4.06. The molecule has 2 amide bonds. The second-order valence-corrected chi connectivity index (χ2v) is 6.07. The number of methoxy groups -OCH3 is 1. The molecule has 0 saturated heterocycles. The lowest BCUT2D eigenvalue weighted by Crippen LogP contribution is -2.39. The van der Waals surface area contributed by atoms with Crippen molar-refractivity contribution in [1.29, 1.82) is 0 Å². The van der Waals surface area contributed by atoms with E-state index in [0.717, 1.165) is 11.1 Å². The first-order valence-electron chi connectivity index (χ1n) is 8.46. The molecule has 0 fully saturated rings. The molecule has 1 atom stereocenters. The number of carboxylic acid groups (broad SMARTS) is 1. The van der Waals surface area contributed by atoms with Crippen LogP contribution in [0.15, 0.2) is 48.5 Å². The standard InChI is InChI=1S/C20H24N2O4/c1-14-7-6-10-17(26-2)19(14)22-20(25)21-16(11-12-18(23)24)13-15-8-4-3-5-9-15/h3-10,16H,11-13H2,1-2H3,(H,23,24)(H2,21,22,25). The van der Waals surface area contributed by atoms with Crippen molar-refractivity contribution < 1.29 is 19.4 Å². The average molecular weight is 356 g/mol. The van der Waals surface area contributed by atoms with Crippen molar-refractivity contribution in [3.05, 3.63) is 59.7 Å². The SMILES string of the molecule is COc1cccc(C)c1NC(=O)NC(CCC(=O)O)Cc1ccccc1. The molecule has 0 saturated carbocycles. The minimum atomic E-state index is -0.883. The van der Waals surface area contributed by atoms with E-state index < -0.39 is 5.97 Å². The summed E-state index contributed by atoms with van der Waals surface area (Å²) in [5, 5.41) is 14.6. The zero-order valence-electron chi connectivity index (χ0n) is 15.0. The molecule has 1 unspecified atom stereocenters. The van der Waals surface area contributed by atoms with Gasteiger partial charge in [0.05, 0.1) is 12.8 Å². The van der Waals surface area contributed by atoms with Crippen LogP contribution in [0.4, 0.5) is 10.5 Å². The zero-order valence-corrected chi connectivity index (χ0v) is 15.0. The number of carboxylic acids is 1. The molecule has 26 heavy (non-hydrogen) atoms. The number of ether oxygens (including phenoxy) is 1. The van der Waals surface area contributed by atoms with Gasteiger partial charge in [-0.05, 0) is 37.0 Å². The third kappa shape index (κ3) is 5.81. The summed E-state index contributed by atoms with van der Waals surface area (Å²) < 4.78 is 5.29. The molecule has 0 aliphatic rings. The topological polar surface area (TPSA) is 87.7 Å². The van der Waals surface area contributed by atoms with E-state index >= 15 is 0 Å². The highest BCUT2D eigenvalue weighted by molar-refractivity contribution is 5.92. The molecule has 2 aromatic carbocycles. The van der Waals surface area contributed by atoms with Crippen LogP contribution in [0.25, 0.3) is 0 Å². The van der Waals surface area contributed by atoms with Crippen molar-refractivity contribution in [2.24, 2.45) is 0 Å². The Morgan fingerprint density at radius 2 is 1.85 bits per heavy atom. The van der Waals surface area contributed by atoms with Gasteiger partial charge in [-0.1, -0.05) is 42.5 Å². The van der Waals surface area contributed by atoms with Crippen molar-refractivity contribution in [1.82, 2.24) is 5.32 Å². The van der Waals surface area contributed by atoms with Gasteiger partial charge in [0.2, 0.25) is 0 Å². The van der Waals surface area contributed by atoms with Crippen LogP contribution in [-0.4, -0.2) is 30.3 Å². The van der Waals surface area contributed by atoms with Crippen LogP contribution in [-0.2, 0) is 11.2 Å². The van der Waals surface area contributed by atoms with Crippen LogP contribution in [0.3, 0.4) is 0 Å². The fourth-order valence-electron chi connectivity index (χ4n) is 2.73. The van der Waals surface area contributed by atoms with Crippen LogP contribution in [0.5, 0.6) is 5.75 Å². The van der Waals surface area contributed by atoms with E-state index in [1.165, 1.54) is 0 Å². The smallest absolute Gasteiger partial charge is 0.319 e. The number of carbonyl (C=O) groups excluding carboxylic acids is 1. The number of amides is 2. The van der Waals surface area contributed by atoms with Gasteiger partial charge in [0, 0.05) is 12.5 Å². The number of urea groups is 1. The third-order valence-corrected chi connectivity index (χ3v) is 4.06. The van der Waals surface area contributed by atoms with E-state index in [0.29, 0.717) is 24.3 Å². The quantitative estimate of drug-likeness (QED) is 0.674. The van der Waals surface area contributed by atoms with Crippen molar-refractivity contribution in [3.63, 3.8) is 0 Å². The van der Waals surface area contributed by atoms with Crippen LogP contribution >= 0.6 is 0 Å². The van der Waals surface area contributed by atoms with Crippen LogP contribution in [0.1, 0.15) is 24.0 Å². The molecule has 0 aliphatic heterocycles. The average Bonchev–Trinajstić information content (AvgIpc) is 2.62. The molecule has 2 rings (SSSR count). The van der Waals surface area contributed by atoms with Gasteiger partial charge in [-0.25, -0.2) is 4.79 Å². The van der Waals surface area contributed by atoms with Gasteiger partial charge in [-0.2, -0.15) is 0 Å².